The van der Waals surface area contributed by atoms with E-state index < -0.39 is 24.2 Å². The Hall–Kier alpha value is -2.89. The number of benzene rings is 1. The van der Waals surface area contributed by atoms with Crippen LogP contribution in [0.3, 0.4) is 0 Å². The molecule has 0 aliphatic carbocycles. The topological polar surface area (TPSA) is 77.6 Å². The lowest BCUT2D eigenvalue weighted by Gasteiger charge is -2.10. The van der Waals surface area contributed by atoms with Crippen LogP contribution in [-0.2, 0) is 17.9 Å². The molecule has 0 bridgehead atoms. The van der Waals surface area contributed by atoms with Crippen molar-refractivity contribution in [1.82, 2.24) is 24.5 Å². The number of amides is 1. The van der Waals surface area contributed by atoms with Gasteiger partial charge in [0.1, 0.15) is 17.9 Å². The zero-order valence-corrected chi connectivity index (χ0v) is 17.5. The quantitative estimate of drug-likeness (QED) is 0.380. The second-order valence-electron chi connectivity index (χ2n) is 6.55. The maximum absolute atomic E-state index is 13.2. The number of carbonyl (C=O) groups is 1. The summed E-state index contributed by atoms with van der Waals surface area (Å²) in [5.74, 6) is 0.0988. The fraction of sp³-hybridized carbons (Fsp3) is 0.368. The van der Waals surface area contributed by atoms with Crippen molar-refractivity contribution in [3.63, 3.8) is 0 Å². The van der Waals surface area contributed by atoms with E-state index in [0.717, 1.165) is 22.0 Å². The zero-order valence-electron chi connectivity index (χ0n) is 16.7. The third-order valence-corrected chi connectivity index (χ3v) is 5.40. The summed E-state index contributed by atoms with van der Waals surface area (Å²) in [5, 5.41) is 14.8. The van der Waals surface area contributed by atoms with Crippen molar-refractivity contribution in [2.75, 3.05) is 11.1 Å². The van der Waals surface area contributed by atoms with Crippen LogP contribution in [0, 0.1) is 6.92 Å². The van der Waals surface area contributed by atoms with E-state index >= 15 is 0 Å². The molecule has 0 saturated carbocycles. The van der Waals surface area contributed by atoms with Gasteiger partial charge in [0.25, 0.3) is 12.9 Å². The third-order valence-electron chi connectivity index (χ3n) is 4.43. The van der Waals surface area contributed by atoms with Crippen molar-refractivity contribution < 1.29 is 22.4 Å². The van der Waals surface area contributed by atoms with Crippen LogP contribution in [0.5, 0.6) is 0 Å². The molecule has 1 aromatic carbocycles. The Morgan fingerprint density at radius 3 is 2.55 bits per heavy atom. The van der Waals surface area contributed by atoms with Crippen LogP contribution in [0.2, 0.25) is 0 Å². The minimum absolute atomic E-state index is 0.0616. The molecule has 2 aromatic heterocycles. The lowest BCUT2D eigenvalue weighted by molar-refractivity contribution is -0.113. The Kier molecular flexibility index (Phi) is 7.31. The van der Waals surface area contributed by atoms with Crippen LogP contribution < -0.4 is 5.32 Å². The van der Waals surface area contributed by atoms with E-state index in [4.69, 9.17) is 0 Å². The molecule has 3 rings (SSSR count). The Morgan fingerprint density at radius 1 is 1.16 bits per heavy atom. The first-order chi connectivity index (χ1) is 14.8. The van der Waals surface area contributed by atoms with Crippen molar-refractivity contribution in [1.29, 1.82) is 0 Å². The average molecular weight is 456 g/mol. The van der Waals surface area contributed by atoms with Crippen LogP contribution in [0.4, 0.5) is 23.2 Å². The number of hydrogen-bond donors (Lipinski definition) is 1. The van der Waals surface area contributed by atoms with Gasteiger partial charge in [-0.05, 0) is 31.5 Å². The van der Waals surface area contributed by atoms with E-state index in [9.17, 15) is 22.4 Å². The summed E-state index contributed by atoms with van der Waals surface area (Å²) in [6, 6.07) is 8.05. The van der Waals surface area contributed by atoms with Crippen LogP contribution >= 0.6 is 11.8 Å². The highest BCUT2D eigenvalue weighted by atomic mass is 32.2. The molecule has 0 spiro atoms. The van der Waals surface area contributed by atoms with E-state index in [0.29, 0.717) is 23.5 Å². The first-order valence-corrected chi connectivity index (χ1v) is 10.3. The summed E-state index contributed by atoms with van der Waals surface area (Å²) in [5.41, 5.74) is 0.295. The number of para-hydroxylation sites is 1. The summed E-state index contributed by atoms with van der Waals surface area (Å²) < 4.78 is 54.6. The van der Waals surface area contributed by atoms with Gasteiger partial charge >= 0.3 is 0 Å². The predicted molar refractivity (Wildman–Crippen MR) is 107 cm³/mol. The van der Waals surface area contributed by atoms with Crippen molar-refractivity contribution in [2.24, 2.45) is 0 Å². The molecule has 2 heterocycles. The number of aromatic nitrogens is 5. The standard InChI is InChI=1S/C19H20F4N6OS/c1-3-28-15(9-29-14(18(22)23)8-13(27-29)17(20)21)25-26-19(28)31-10-16(30)24-12-7-5-4-6-11(12)2/h4-8,17-18H,3,9-10H2,1-2H3,(H,24,30). The molecular formula is C19H20F4N6OS. The van der Waals surface area contributed by atoms with Gasteiger partial charge in [0, 0.05) is 12.2 Å². The molecule has 1 N–H and O–H groups in total. The van der Waals surface area contributed by atoms with Crippen molar-refractivity contribution in [2.45, 2.75) is 44.9 Å². The number of nitrogens with one attached hydrogen (secondary N) is 1. The van der Waals surface area contributed by atoms with Crippen molar-refractivity contribution in [3.8, 4) is 0 Å². The molecule has 166 valence electrons. The Balaban J connectivity index is 1.71. The minimum Gasteiger partial charge on any atom is -0.325 e. The second-order valence-corrected chi connectivity index (χ2v) is 7.49. The lowest BCUT2D eigenvalue weighted by atomic mass is 10.2. The molecule has 0 aliphatic rings. The van der Waals surface area contributed by atoms with Gasteiger partial charge in [-0.3, -0.25) is 9.48 Å². The highest BCUT2D eigenvalue weighted by molar-refractivity contribution is 7.99. The Morgan fingerprint density at radius 2 is 1.90 bits per heavy atom. The van der Waals surface area contributed by atoms with Gasteiger partial charge in [0.2, 0.25) is 5.91 Å². The number of aryl methyl sites for hydroxylation is 1. The summed E-state index contributed by atoms with van der Waals surface area (Å²) >= 11 is 1.14. The van der Waals surface area contributed by atoms with Crippen LogP contribution in [0.15, 0.2) is 35.5 Å². The van der Waals surface area contributed by atoms with Gasteiger partial charge in [0.15, 0.2) is 11.0 Å². The highest BCUT2D eigenvalue weighted by Crippen LogP contribution is 2.26. The van der Waals surface area contributed by atoms with Gasteiger partial charge in [0.05, 0.1) is 5.75 Å². The van der Waals surface area contributed by atoms with Crippen molar-refractivity contribution in [3.05, 3.63) is 53.1 Å². The molecule has 1 amide bonds. The maximum atomic E-state index is 13.2. The molecule has 7 nitrogen and oxygen atoms in total. The molecule has 0 saturated heterocycles. The zero-order chi connectivity index (χ0) is 22.5. The van der Waals surface area contributed by atoms with Gasteiger partial charge in [-0.15, -0.1) is 10.2 Å². The molecule has 0 unspecified atom stereocenters. The molecule has 12 heteroatoms. The van der Waals surface area contributed by atoms with Crippen LogP contribution in [0.1, 0.15) is 42.6 Å². The number of nitrogens with zero attached hydrogens (tertiary/aromatic N) is 5. The number of alkyl halides is 4. The van der Waals surface area contributed by atoms with Crippen LogP contribution in [-0.4, -0.2) is 36.2 Å². The normalized spacial score (nSPS) is 11.5. The van der Waals surface area contributed by atoms with E-state index in [1.807, 2.05) is 25.1 Å². The maximum Gasteiger partial charge on any atom is 0.282 e. The fourth-order valence-electron chi connectivity index (χ4n) is 2.88. The third kappa shape index (κ3) is 5.43. The number of carbonyl (C=O) groups excluding carboxylic acids is 1. The van der Waals surface area contributed by atoms with E-state index in [1.165, 1.54) is 0 Å². The summed E-state index contributed by atoms with van der Waals surface area (Å²) in [6.45, 7) is 3.83. The largest absolute Gasteiger partial charge is 0.325 e. The number of halogens is 4. The summed E-state index contributed by atoms with van der Waals surface area (Å²) in [6.07, 6.45) is -5.92. The monoisotopic (exact) mass is 456 g/mol. The van der Waals surface area contributed by atoms with Gasteiger partial charge in [-0.25, -0.2) is 17.6 Å². The number of thioether (sulfide) groups is 1. The minimum atomic E-state index is -2.96. The van der Waals surface area contributed by atoms with E-state index in [1.54, 1.807) is 17.6 Å². The van der Waals surface area contributed by atoms with E-state index in [2.05, 4.69) is 20.6 Å². The number of rotatable bonds is 9. The van der Waals surface area contributed by atoms with Crippen LogP contribution in [0.25, 0.3) is 0 Å². The first kappa shape index (κ1) is 22.8. The van der Waals surface area contributed by atoms with Gasteiger partial charge in [-0.1, -0.05) is 30.0 Å². The number of hydrogen-bond acceptors (Lipinski definition) is 5. The average Bonchev–Trinajstić information content (AvgIpc) is 3.32. The SMILES string of the molecule is CCn1c(Cn2nc(C(F)F)cc2C(F)F)nnc1SCC(=O)Nc1ccccc1C. The molecule has 3 aromatic rings. The summed E-state index contributed by atoms with van der Waals surface area (Å²) in [7, 11) is 0. The predicted octanol–water partition coefficient (Wildman–Crippen LogP) is 4.46. The molecule has 31 heavy (non-hydrogen) atoms. The lowest BCUT2D eigenvalue weighted by Crippen LogP contribution is -2.16. The van der Waals surface area contributed by atoms with Crippen molar-refractivity contribution >= 4 is 23.4 Å². The molecule has 0 fully saturated rings. The van der Waals surface area contributed by atoms with Gasteiger partial charge in [-0.2, -0.15) is 5.10 Å². The van der Waals surface area contributed by atoms with E-state index in [-0.39, 0.29) is 24.0 Å². The second kappa shape index (κ2) is 9.94. The Labute approximate surface area is 179 Å². The molecule has 0 atom stereocenters. The molecule has 0 radical (unpaired) electrons. The molecular weight excluding hydrogens is 436 g/mol. The number of anilines is 1. The Bertz CT molecular complexity index is 1050. The fourth-order valence-corrected chi connectivity index (χ4v) is 3.71. The summed E-state index contributed by atoms with van der Waals surface area (Å²) in [4.78, 5) is 12.3. The van der Waals surface area contributed by atoms with Gasteiger partial charge < -0.3 is 9.88 Å². The highest BCUT2D eigenvalue weighted by Gasteiger charge is 2.23. The molecule has 0 aliphatic heterocycles. The first-order valence-electron chi connectivity index (χ1n) is 9.34. The smallest absolute Gasteiger partial charge is 0.282 e.